The zero-order valence-corrected chi connectivity index (χ0v) is 24.7. The number of likely N-dealkylation sites (N-methyl/N-ethyl adjacent to an activating group) is 1. The molecule has 4 atom stereocenters. The molecule has 222 valence electrons. The maximum atomic E-state index is 16.8. The molecule has 3 saturated heterocycles. The highest BCUT2D eigenvalue weighted by Crippen LogP contribution is 2.44. The Hall–Kier alpha value is -3.15. The van der Waals surface area contributed by atoms with Crippen molar-refractivity contribution in [2.24, 2.45) is 0 Å². The highest BCUT2D eigenvalue weighted by molar-refractivity contribution is 6.36. The van der Waals surface area contributed by atoms with E-state index in [2.05, 4.69) is 32.3 Å². The van der Waals surface area contributed by atoms with Crippen LogP contribution in [-0.4, -0.2) is 82.1 Å². The number of rotatable bonds is 5. The van der Waals surface area contributed by atoms with E-state index in [1.165, 1.54) is 6.07 Å². The monoisotopic (exact) mass is 599 g/mol. The third-order valence-corrected chi connectivity index (χ3v) is 9.64. The fourth-order valence-electron chi connectivity index (χ4n) is 7.05. The van der Waals surface area contributed by atoms with E-state index < -0.39 is 17.8 Å². The van der Waals surface area contributed by atoms with Gasteiger partial charge in [-0.3, -0.25) is 10.00 Å². The highest BCUT2D eigenvalue weighted by Gasteiger charge is 2.42. The minimum atomic E-state index is -0.931. The number of benzene rings is 2. The molecule has 0 unspecified atom stereocenters. The molecule has 7 rings (SSSR count). The van der Waals surface area contributed by atoms with Crippen molar-refractivity contribution < 1.29 is 17.9 Å². The molecule has 0 aliphatic carbocycles. The zero-order chi connectivity index (χ0) is 29.5. The molecular formula is C30H33ClF3N7O. The molecule has 2 aromatic heterocycles. The Kier molecular flexibility index (Phi) is 6.56. The minimum Gasteiger partial charge on any atom is -0.462 e. The number of nitrogens with zero attached hydrogens (tertiary/aromatic N) is 5. The van der Waals surface area contributed by atoms with Gasteiger partial charge in [-0.05, 0) is 64.8 Å². The number of H-pyrrole nitrogens is 1. The standard InChI is InChI=1S/C30H33ClF3N7O/c1-14-7-21-22(15(2)38-39-21)24(25(14)31)23-20(33)9-19-27(26(23)34)35-29(42-12-18-8-16(32)10-40(18)4)36-28(19)41-11-17-5-6-30(3,13-41)37-17/h7,9,16-18,37H,5-6,8,10-13H2,1-4H3,(H,38,39)/t16-,17-,18+,30-/m1/s1. The van der Waals surface area contributed by atoms with E-state index in [0.717, 1.165) is 12.8 Å². The summed E-state index contributed by atoms with van der Waals surface area (Å²) >= 11 is 6.73. The van der Waals surface area contributed by atoms with Gasteiger partial charge in [0.2, 0.25) is 0 Å². The maximum absolute atomic E-state index is 16.8. The number of alkyl halides is 1. The van der Waals surface area contributed by atoms with Crippen molar-refractivity contribution in [2.75, 3.05) is 38.2 Å². The number of aromatic nitrogens is 4. The van der Waals surface area contributed by atoms with E-state index in [9.17, 15) is 4.39 Å². The lowest BCUT2D eigenvalue weighted by Crippen LogP contribution is -2.58. The Morgan fingerprint density at radius 2 is 1.98 bits per heavy atom. The van der Waals surface area contributed by atoms with E-state index in [4.69, 9.17) is 21.3 Å². The van der Waals surface area contributed by atoms with Crippen LogP contribution >= 0.6 is 11.6 Å². The molecule has 42 heavy (non-hydrogen) atoms. The van der Waals surface area contributed by atoms with Crippen LogP contribution in [0, 0.1) is 25.5 Å². The van der Waals surface area contributed by atoms with Crippen molar-refractivity contribution in [3.63, 3.8) is 0 Å². The van der Waals surface area contributed by atoms with Gasteiger partial charge in [0.1, 0.15) is 29.9 Å². The van der Waals surface area contributed by atoms with E-state index in [0.29, 0.717) is 54.0 Å². The van der Waals surface area contributed by atoms with Gasteiger partial charge < -0.3 is 15.0 Å². The summed E-state index contributed by atoms with van der Waals surface area (Å²) in [6.45, 7) is 7.45. The summed E-state index contributed by atoms with van der Waals surface area (Å²) < 4.78 is 53.0. The quantitative estimate of drug-likeness (QED) is 0.315. The highest BCUT2D eigenvalue weighted by atomic mass is 35.5. The molecule has 2 bridgehead atoms. The summed E-state index contributed by atoms with van der Waals surface area (Å²) in [5, 5.41) is 11.9. The lowest BCUT2D eigenvalue weighted by Gasteiger charge is -2.40. The number of nitrogens with one attached hydrogen (secondary N) is 2. The Balaban J connectivity index is 1.41. The van der Waals surface area contributed by atoms with Gasteiger partial charge in [-0.2, -0.15) is 15.1 Å². The number of hydrogen-bond acceptors (Lipinski definition) is 7. The van der Waals surface area contributed by atoms with Gasteiger partial charge in [-0.1, -0.05) is 11.6 Å². The number of aryl methyl sites for hydroxylation is 2. The number of anilines is 1. The molecule has 3 fully saturated rings. The lowest BCUT2D eigenvalue weighted by atomic mass is 9.95. The van der Waals surface area contributed by atoms with Gasteiger partial charge in [-0.25, -0.2) is 13.2 Å². The van der Waals surface area contributed by atoms with Crippen molar-refractivity contribution >= 4 is 39.2 Å². The Bertz CT molecular complexity index is 1730. The molecule has 2 aromatic carbocycles. The SMILES string of the molecule is Cc1cc2n[nH]c(C)c2c(-c2c(F)cc3c(N4C[C@H]5CC[C@](C)(C4)N5)nc(OC[C@@H]4C[C@@H](F)CN4C)nc3c2F)c1Cl. The Morgan fingerprint density at radius 3 is 2.71 bits per heavy atom. The molecule has 0 saturated carbocycles. The molecule has 8 nitrogen and oxygen atoms in total. The van der Waals surface area contributed by atoms with Crippen LogP contribution in [-0.2, 0) is 0 Å². The van der Waals surface area contributed by atoms with Crippen molar-refractivity contribution in [3.05, 3.63) is 40.0 Å². The smallest absolute Gasteiger partial charge is 0.319 e. The molecule has 0 radical (unpaired) electrons. The van der Waals surface area contributed by atoms with Crippen molar-refractivity contribution in [1.29, 1.82) is 0 Å². The van der Waals surface area contributed by atoms with Gasteiger partial charge >= 0.3 is 6.01 Å². The molecule has 5 heterocycles. The number of piperazine rings is 1. The third kappa shape index (κ3) is 4.48. The Morgan fingerprint density at radius 1 is 1.17 bits per heavy atom. The number of likely N-dealkylation sites (tertiary alicyclic amines) is 1. The summed E-state index contributed by atoms with van der Waals surface area (Å²) in [4.78, 5) is 13.2. The van der Waals surface area contributed by atoms with Gasteiger partial charge in [0.25, 0.3) is 0 Å². The second kappa shape index (κ2) is 9.96. The van der Waals surface area contributed by atoms with Crippen LogP contribution in [0.2, 0.25) is 5.02 Å². The average molecular weight is 600 g/mol. The van der Waals surface area contributed by atoms with Gasteiger partial charge in [0.15, 0.2) is 5.82 Å². The summed E-state index contributed by atoms with van der Waals surface area (Å²) in [7, 11) is 1.84. The van der Waals surface area contributed by atoms with Crippen LogP contribution in [0.4, 0.5) is 19.0 Å². The summed E-state index contributed by atoms with van der Waals surface area (Å²) in [5.41, 5.74) is 1.61. The molecule has 4 aromatic rings. The summed E-state index contributed by atoms with van der Waals surface area (Å²) in [6.07, 6.45) is 1.41. The summed E-state index contributed by atoms with van der Waals surface area (Å²) in [6, 6.07) is 3.14. The second-order valence-electron chi connectivity index (χ2n) is 12.5. The predicted octanol–water partition coefficient (Wildman–Crippen LogP) is 5.47. The van der Waals surface area contributed by atoms with E-state index in [1.54, 1.807) is 19.9 Å². The first-order chi connectivity index (χ1) is 20.0. The van der Waals surface area contributed by atoms with Gasteiger partial charge in [0, 0.05) is 59.3 Å². The topological polar surface area (TPSA) is 82.2 Å². The molecule has 0 spiro atoms. The fourth-order valence-corrected chi connectivity index (χ4v) is 7.30. The summed E-state index contributed by atoms with van der Waals surface area (Å²) in [5.74, 6) is -1.19. The molecule has 3 aliphatic rings. The van der Waals surface area contributed by atoms with Crippen LogP contribution in [0.25, 0.3) is 32.9 Å². The van der Waals surface area contributed by atoms with E-state index >= 15 is 8.78 Å². The minimum absolute atomic E-state index is 0.0272. The predicted molar refractivity (Wildman–Crippen MR) is 157 cm³/mol. The lowest BCUT2D eigenvalue weighted by molar-refractivity contribution is 0.188. The van der Waals surface area contributed by atoms with Crippen LogP contribution in [0.3, 0.4) is 0 Å². The van der Waals surface area contributed by atoms with Gasteiger partial charge in [-0.15, -0.1) is 0 Å². The maximum Gasteiger partial charge on any atom is 0.319 e. The third-order valence-electron chi connectivity index (χ3n) is 9.16. The molecule has 0 amide bonds. The number of aromatic amines is 1. The first-order valence-corrected chi connectivity index (χ1v) is 14.7. The number of hydrogen-bond donors (Lipinski definition) is 2. The molecule has 2 N–H and O–H groups in total. The molecule has 12 heteroatoms. The molecule has 3 aliphatic heterocycles. The number of halogens is 4. The van der Waals surface area contributed by atoms with Gasteiger partial charge in [0.05, 0.1) is 16.1 Å². The average Bonchev–Trinajstić information content (AvgIpc) is 3.56. The first kappa shape index (κ1) is 27.7. The van der Waals surface area contributed by atoms with Crippen LogP contribution in [0.1, 0.15) is 37.4 Å². The van der Waals surface area contributed by atoms with Crippen LogP contribution in [0.5, 0.6) is 6.01 Å². The van der Waals surface area contributed by atoms with E-state index in [-0.39, 0.29) is 57.3 Å². The number of fused-ring (bicyclic) bond motifs is 4. The fraction of sp³-hybridized carbons (Fsp3) is 0.500. The largest absolute Gasteiger partial charge is 0.462 e. The van der Waals surface area contributed by atoms with Crippen LogP contribution in [0.15, 0.2) is 12.1 Å². The second-order valence-corrected chi connectivity index (χ2v) is 12.8. The van der Waals surface area contributed by atoms with Crippen molar-refractivity contribution in [1.82, 2.24) is 30.4 Å². The normalized spacial score (nSPS) is 26.2. The van der Waals surface area contributed by atoms with Crippen molar-refractivity contribution in [2.45, 2.75) is 63.8 Å². The molecular weight excluding hydrogens is 567 g/mol. The van der Waals surface area contributed by atoms with Crippen LogP contribution < -0.4 is 15.0 Å². The van der Waals surface area contributed by atoms with Crippen molar-refractivity contribution in [3.8, 4) is 17.1 Å². The van der Waals surface area contributed by atoms with E-state index in [1.807, 2.05) is 11.9 Å². The number of ether oxygens (including phenoxy) is 1. The zero-order valence-electron chi connectivity index (χ0n) is 24.0. The first-order valence-electron chi connectivity index (χ1n) is 14.3. The Labute approximate surface area is 246 Å².